The molecular weight excluding hydrogens is 272 g/mol. The molecule has 0 aromatic carbocycles. The topological polar surface area (TPSA) is 41.6 Å². The number of carbonyl (C=O) groups excluding carboxylic acids is 1. The molecule has 20 heavy (non-hydrogen) atoms. The van der Waals surface area contributed by atoms with Gasteiger partial charge in [-0.1, -0.05) is 13.8 Å². The molecule has 0 aromatic rings. The van der Waals surface area contributed by atoms with Gasteiger partial charge in [-0.05, 0) is 57.7 Å². The van der Waals surface area contributed by atoms with Gasteiger partial charge in [-0.2, -0.15) is 11.8 Å². The molecule has 1 unspecified atom stereocenters. The first-order chi connectivity index (χ1) is 9.26. The van der Waals surface area contributed by atoms with E-state index in [0.29, 0.717) is 12.5 Å². The van der Waals surface area contributed by atoms with E-state index in [0.717, 1.165) is 13.1 Å². The van der Waals surface area contributed by atoms with E-state index in [1.807, 2.05) is 32.5 Å². The minimum Gasteiger partial charge on any atom is -0.444 e. The van der Waals surface area contributed by atoms with Gasteiger partial charge in [0.25, 0.3) is 0 Å². The van der Waals surface area contributed by atoms with Crippen LogP contribution in [-0.2, 0) is 4.74 Å². The van der Waals surface area contributed by atoms with Crippen molar-refractivity contribution in [2.75, 3.05) is 38.2 Å². The molecule has 0 aliphatic heterocycles. The number of ether oxygens (including phenoxy) is 1. The van der Waals surface area contributed by atoms with E-state index in [-0.39, 0.29) is 6.09 Å². The Morgan fingerprint density at radius 1 is 1.40 bits per heavy atom. The van der Waals surface area contributed by atoms with Gasteiger partial charge in [0.2, 0.25) is 0 Å². The molecular formula is C15H32N2O2S. The minimum absolute atomic E-state index is 0.247. The zero-order chi connectivity index (χ0) is 15.6. The molecule has 0 radical (unpaired) electrons. The van der Waals surface area contributed by atoms with Crippen molar-refractivity contribution in [3.63, 3.8) is 0 Å². The Kier molecular flexibility index (Phi) is 10.1. The van der Waals surface area contributed by atoms with Gasteiger partial charge >= 0.3 is 6.09 Å². The van der Waals surface area contributed by atoms with Gasteiger partial charge < -0.3 is 15.0 Å². The summed E-state index contributed by atoms with van der Waals surface area (Å²) in [6, 6.07) is 0. The number of amides is 1. The van der Waals surface area contributed by atoms with Crippen molar-refractivity contribution in [1.29, 1.82) is 0 Å². The maximum Gasteiger partial charge on any atom is 0.410 e. The van der Waals surface area contributed by atoms with Crippen molar-refractivity contribution < 1.29 is 9.53 Å². The zero-order valence-electron chi connectivity index (χ0n) is 14.0. The second-order valence-corrected chi connectivity index (χ2v) is 7.61. The highest BCUT2D eigenvalue weighted by Crippen LogP contribution is 2.10. The standard InChI is InChI=1S/C15H32N2O2S/c1-7-20-10-8-9-16-11-13(2)12-17(6)14(18)19-15(3,4)5/h13,16H,7-12H2,1-6H3. The molecule has 0 aliphatic carbocycles. The lowest BCUT2D eigenvalue weighted by atomic mass is 10.1. The lowest BCUT2D eigenvalue weighted by Crippen LogP contribution is -2.38. The quantitative estimate of drug-likeness (QED) is 0.664. The second-order valence-electron chi connectivity index (χ2n) is 6.22. The predicted octanol–water partition coefficient (Wildman–Crippen LogP) is 3.22. The summed E-state index contributed by atoms with van der Waals surface area (Å²) in [6.45, 7) is 12.7. The fourth-order valence-corrected chi connectivity index (χ4v) is 2.38. The van der Waals surface area contributed by atoms with E-state index < -0.39 is 5.60 Å². The van der Waals surface area contributed by atoms with Crippen molar-refractivity contribution in [1.82, 2.24) is 10.2 Å². The summed E-state index contributed by atoms with van der Waals surface area (Å²) >= 11 is 1.98. The third-order valence-corrected chi connectivity index (χ3v) is 3.62. The average molecular weight is 305 g/mol. The van der Waals surface area contributed by atoms with Crippen molar-refractivity contribution in [3.8, 4) is 0 Å². The smallest absolute Gasteiger partial charge is 0.410 e. The van der Waals surface area contributed by atoms with E-state index in [4.69, 9.17) is 4.74 Å². The zero-order valence-corrected chi connectivity index (χ0v) is 14.8. The molecule has 0 rings (SSSR count). The van der Waals surface area contributed by atoms with Gasteiger partial charge in [-0.3, -0.25) is 0 Å². The van der Waals surface area contributed by atoms with Gasteiger partial charge in [0.15, 0.2) is 0 Å². The van der Waals surface area contributed by atoms with E-state index >= 15 is 0 Å². The number of rotatable bonds is 9. The molecule has 0 aliphatic rings. The molecule has 0 spiro atoms. The van der Waals surface area contributed by atoms with Crippen LogP contribution in [0.4, 0.5) is 4.79 Å². The molecule has 0 saturated heterocycles. The Hall–Kier alpha value is -0.420. The predicted molar refractivity (Wildman–Crippen MR) is 88.5 cm³/mol. The summed E-state index contributed by atoms with van der Waals surface area (Å²) in [4.78, 5) is 13.5. The van der Waals surface area contributed by atoms with Crippen LogP contribution in [0.2, 0.25) is 0 Å². The van der Waals surface area contributed by atoms with Gasteiger partial charge in [0.1, 0.15) is 5.60 Å². The van der Waals surface area contributed by atoms with Crippen molar-refractivity contribution in [2.24, 2.45) is 5.92 Å². The maximum atomic E-state index is 11.8. The molecule has 0 aromatic heterocycles. The fourth-order valence-electron chi connectivity index (χ4n) is 1.74. The first-order valence-electron chi connectivity index (χ1n) is 7.48. The minimum atomic E-state index is -0.427. The monoisotopic (exact) mass is 304 g/mol. The summed E-state index contributed by atoms with van der Waals surface area (Å²) < 4.78 is 5.33. The first-order valence-corrected chi connectivity index (χ1v) is 8.64. The van der Waals surface area contributed by atoms with Crippen molar-refractivity contribution in [3.05, 3.63) is 0 Å². The number of nitrogens with one attached hydrogen (secondary N) is 1. The Labute approximate surface area is 129 Å². The summed E-state index contributed by atoms with van der Waals surface area (Å²) in [5, 5.41) is 3.44. The Bertz CT molecular complexity index is 267. The van der Waals surface area contributed by atoms with Crippen LogP contribution in [0.5, 0.6) is 0 Å². The highest BCUT2D eigenvalue weighted by Gasteiger charge is 2.20. The van der Waals surface area contributed by atoms with E-state index in [1.165, 1.54) is 17.9 Å². The van der Waals surface area contributed by atoms with Crippen LogP contribution in [0.3, 0.4) is 0 Å². The van der Waals surface area contributed by atoms with E-state index in [1.54, 1.807) is 11.9 Å². The maximum absolute atomic E-state index is 11.8. The van der Waals surface area contributed by atoms with Gasteiger partial charge in [0, 0.05) is 13.6 Å². The number of hydrogen-bond donors (Lipinski definition) is 1. The van der Waals surface area contributed by atoms with Crippen LogP contribution >= 0.6 is 11.8 Å². The molecule has 4 nitrogen and oxygen atoms in total. The lowest BCUT2D eigenvalue weighted by molar-refractivity contribution is 0.0277. The van der Waals surface area contributed by atoms with E-state index in [2.05, 4.69) is 19.2 Å². The average Bonchev–Trinajstić information content (AvgIpc) is 2.31. The Morgan fingerprint density at radius 3 is 2.60 bits per heavy atom. The molecule has 0 heterocycles. The molecule has 0 bridgehead atoms. The van der Waals surface area contributed by atoms with Gasteiger partial charge in [-0.25, -0.2) is 4.79 Å². The fraction of sp³-hybridized carbons (Fsp3) is 0.933. The highest BCUT2D eigenvalue weighted by atomic mass is 32.2. The Balaban J connectivity index is 3.74. The lowest BCUT2D eigenvalue weighted by Gasteiger charge is -2.26. The van der Waals surface area contributed by atoms with Crippen LogP contribution in [0.25, 0.3) is 0 Å². The molecule has 0 fully saturated rings. The third kappa shape index (κ3) is 11.4. The highest BCUT2D eigenvalue weighted by molar-refractivity contribution is 7.99. The van der Waals surface area contributed by atoms with Crippen molar-refractivity contribution >= 4 is 17.9 Å². The number of thioether (sulfide) groups is 1. The van der Waals surface area contributed by atoms with Crippen molar-refractivity contribution in [2.45, 2.75) is 46.6 Å². The first kappa shape index (κ1) is 19.6. The normalized spacial score (nSPS) is 13.1. The molecule has 1 amide bonds. The van der Waals surface area contributed by atoms with Gasteiger partial charge in [-0.15, -0.1) is 0 Å². The van der Waals surface area contributed by atoms with Crippen LogP contribution in [-0.4, -0.2) is 54.8 Å². The summed E-state index contributed by atoms with van der Waals surface area (Å²) in [5.41, 5.74) is -0.427. The SMILES string of the molecule is CCSCCCNCC(C)CN(C)C(=O)OC(C)(C)C. The summed E-state index contributed by atoms with van der Waals surface area (Å²) in [7, 11) is 1.79. The molecule has 5 heteroatoms. The summed E-state index contributed by atoms with van der Waals surface area (Å²) in [6.07, 6.45) is 0.955. The van der Waals surface area contributed by atoms with Crippen LogP contribution < -0.4 is 5.32 Å². The summed E-state index contributed by atoms with van der Waals surface area (Å²) in [5.74, 6) is 2.83. The van der Waals surface area contributed by atoms with Crippen LogP contribution in [0, 0.1) is 5.92 Å². The van der Waals surface area contributed by atoms with Crippen LogP contribution in [0.15, 0.2) is 0 Å². The number of nitrogens with zero attached hydrogens (tertiary/aromatic N) is 1. The second kappa shape index (κ2) is 10.3. The van der Waals surface area contributed by atoms with Gasteiger partial charge in [0.05, 0.1) is 0 Å². The molecule has 0 saturated carbocycles. The third-order valence-electron chi connectivity index (χ3n) is 2.63. The molecule has 120 valence electrons. The Morgan fingerprint density at radius 2 is 2.05 bits per heavy atom. The molecule has 1 atom stereocenters. The van der Waals surface area contributed by atoms with Crippen LogP contribution in [0.1, 0.15) is 41.0 Å². The largest absolute Gasteiger partial charge is 0.444 e. The van der Waals surface area contributed by atoms with E-state index in [9.17, 15) is 4.79 Å². The molecule has 1 N–H and O–H groups in total. The number of carbonyl (C=O) groups is 1. The number of hydrogen-bond acceptors (Lipinski definition) is 4.